The van der Waals surface area contributed by atoms with Crippen LogP contribution < -0.4 is 14.4 Å². The molecule has 1 saturated heterocycles. The van der Waals surface area contributed by atoms with Crippen molar-refractivity contribution >= 4 is 27.4 Å². The molecule has 8 nitrogen and oxygen atoms in total. The van der Waals surface area contributed by atoms with Crippen molar-refractivity contribution in [3.05, 3.63) is 53.6 Å². The third kappa shape index (κ3) is 3.29. The molecular formula is C25H25N3O5S. The smallest absolute Gasteiger partial charge is 0.266 e. The number of amides is 1. The lowest BCUT2D eigenvalue weighted by Crippen LogP contribution is -2.35. The topological polar surface area (TPSA) is 102 Å². The van der Waals surface area contributed by atoms with Gasteiger partial charge in [0.2, 0.25) is 5.91 Å². The first-order valence-corrected chi connectivity index (χ1v) is 13.0. The minimum atomic E-state index is -3.94. The second-order valence-electron chi connectivity index (χ2n) is 9.28. The van der Waals surface area contributed by atoms with E-state index in [0.717, 1.165) is 42.5 Å². The van der Waals surface area contributed by atoms with Crippen LogP contribution in [-0.4, -0.2) is 33.1 Å². The fourth-order valence-corrected chi connectivity index (χ4v) is 6.45. The Labute approximate surface area is 197 Å². The highest BCUT2D eigenvalue weighted by molar-refractivity contribution is 7.92. The number of rotatable bonds is 5. The number of sulfonamides is 1. The highest BCUT2D eigenvalue weighted by Gasteiger charge is 2.50. The zero-order valence-electron chi connectivity index (χ0n) is 18.8. The van der Waals surface area contributed by atoms with Gasteiger partial charge in [-0.15, -0.1) is 0 Å². The number of nitrogens with one attached hydrogen (secondary N) is 1. The summed E-state index contributed by atoms with van der Waals surface area (Å²) in [5.41, 5.74) is 3.64. The van der Waals surface area contributed by atoms with Crippen molar-refractivity contribution in [3.8, 4) is 17.1 Å². The molecule has 0 unspecified atom stereocenters. The molecule has 6 rings (SSSR count). The minimum Gasteiger partial charge on any atom is -0.495 e. The largest absolute Gasteiger partial charge is 0.495 e. The Morgan fingerprint density at radius 2 is 1.97 bits per heavy atom. The summed E-state index contributed by atoms with van der Waals surface area (Å²) in [5.74, 6) is 1.16. The second-order valence-corrected chi connectivity index (χ2v) is 10.9. The normalized spacial score (nSPS) is 18.4. The van der Waals surface area contributed by atoms with Crippen molar-refractivity contribution in [3.63, 3.8) is 0 Å². The van der Waals surface area contributed by atoms with Crippen LogP contribution in [0.15, 0.2) is 51.9 Å². The number of ether oxygens (including phenoxy) is 1. The summed E-state index contributed by atoms with van der Waals surface area (Å²) in [6.45, 7) is 0.704. The third-order valence-electron chi connectivity index (χ3n) is 7.20. The van der Waals surface area contributed by atoms with Gasteiger partial charge in [-0.1, -0.05) is 23.4 Å². The number of benzene rings is 2. The molecule has 0 atom stereocenters. The van der Waals surface area contributed by atoms with Gasteiger partial charge in [0.15, 0.2) is 11.6 Å². The van der Waals surface area contributed by atoms with Gasteiger partial charge in [0.25, 0.3) is 10.0 Å². The van der Waals surface area contributed by atoms with E-state index in [2.05, 4.69) is 15.9 Å². The molecule has 176 valence electrons. The molecule has 1 aromatic heterocycles. The summed E-state index contributed by atoms with van der Waals surface area (Å²) in [7, 11) is -2.50. The molecular weight excluding hydrogens is 454 g/mol. The molecule has 2 heterocycles. The molecule has 1 N–H and O–H groups in total. The van der Waals surface area contributed by atoms with Crippen LogP contribution in [0, 0.1) is 0 Å². The van der Waals surface area contributed by atoms with E-state index >= 15 is 0 Å². The molecule has 3 aromatic rings. The number of nitrogens with zero attached hydrogens (tertiary/aromatic N) is 2. The van der Waals surface area contributed by atoms with Crippen LogP contribution in [0.1, 0.15) is 43.2 Å². The van der Waals surface area contributed by atoms with E-state index in [1.54, 1.807) is 18.2 Å². The van der Waals surface area contributed by atoms with Crippen LogP contribution in [0.2, 0.25) is 0 Å². The van der Waals surface area contributed by atoms with Gasteiger partial charge < -0.3 is 14.2 Å². The zero-order valence-corrected chi connectivity index (χ0v) is 19.7. The SMILES string of the molecule is COc1ccccc1S(=O)(=O)Nc1noc2c1CC1(CC1)c1ccc(N3CCCCC3=O)cc1-2. The Balaban J connectivity index is 1.40. The number of carbonyl (C=O) groups is 1. The molecule has 9 heteroatoms. The van der Waals surface area contributed by atoms with Gasteiger partial charge in [-0.05, 0) is 61.9 Å². The lowest BCUT2D eigenvalue weighted by atomic mass is 9.79. The van der Waals surface area contributed by atoms with Crippen molar-refractivity contribution in [1.82, 2.24) is 5.16 Å². The van der Waals surface area contributed by atoms with Crippen LogP contribution >= 0.6 is 0 Å². The van der Waals surface area contributed by atoms with E-state index in [-0.39, 0.29) is 27.8 Å². The maximum absolute atomic E-state index is 13.2. The zero-order chi connectivity index (χ0) is 23.5. The number of fused-ring (bicyclic) bond motifs is 4. The van der Waals surface area contributed by atoms with E-state index in [1.807, 2.05) is 17.0 Å². The summed E-state index contributed by atoms with van der Waals surface area (Å²) in [4.78, 5) is 14.4. The summed E-state index contributed by atoms with van der Waals surface area (Å²) in [5, 5.41) is 4.13. The third-order valence-corrected chi connectivity index (χ3v) is 8.58. The highest BCUT2D eigenvalue weighted by atomic mass is 32.2. The number of hydrogen-bond donors (Lipinski definition) is 1. The fraction of sp³-hybridized carbons (Fsp3) is 0.360. The summed E-state index contributed by atoms with van der Waals surface area (Å²) < 4.78 is 39.9. The number of aromatic nitrogens is 1. The predicted octanol–water partition coefficient (Wildman–Crippen LogP) is 4.26. The molecule has 2 aliphatic carbocycles. The lowest BCUT2D eigenvalue weighted by molar-refractivity contribution is -0.119. The summed E-state index contributed by atoms with van der Waals surface area (Å²) in [6, 6.07) is 12.6. The Kier molecular flexibility index (Phi) is 4.74. The van der Waals surface area contributed by atoms with Crippen LogP contribution in [0.4, 0.5) is 11.5 Å². The average Bonchev–Trinajstić information content (AvgIpc) is 3.51. The van der Waals surface area contributed by atoms with E-state index in [0.29, 0.717) is 25.1 Å². The number of carbonyl (C=O) groups excluding carboxylic acids is 1. The molecule has 1 aliphatic heterocycles. The van der Waals surface area contributed by atoms with E-state index in [4.69, 9.17) is 9.26 Å². The molecule has 1 spiro atoms. The molecule has 0 radical (unpaired) electrons. The number of piperidine rings is 1. The quantitative estimate of drug-likeness (QED) is 0.587. The van der Waals surface area contributed by atoms with Crippen molar-refractivity contribution < 1.29 is 22.5 Å². The predicted molar refractivity (Wildman–Crippen MR) is 127 cm³/mol. The molecule has 0 bridgehead atoms. The van der Waals surface area contributed by atoms with Crippen molar-refractivity contribution in [2.24, 2.45) is 0 Å². The highest BCUT2D eigenvalue weighted by Crippen LogP contribution is 2.58. The maximum Gasteiger partial charge on any atom is 0.266 e. The first-order valence-electron chi connectivity index (χ1n) is 11.5. The van der Waals surface area contributed by atoms with Gasteiger partial charge in [-0.3, -0.25) is 9.52 Å². The number of methoxy groups -OCH3 is 1. The molecule has 1 amide bonds. The van der Waals surface area contributed by atoms with E-state index in [9.17, 15) is 13.2 Å². The monoisotopic (exact) mass is 479 g/mol. The Hall–Kier alpha value is -3.33. The Morgan fingerprint density at radius 1 is 1.15 bits per heavy atom. The van der Waals surface area contributed by atoms with Gasteiger partial charge in [0.05, 0.1) is 7.11 Å². The van der Waals surface area contributed by atoms with E-state index < -0.39 is 10.0 Å². The average molecular weight is 480 g/mol. The van der Waals surface area contributed by atoms with Crippen LogP contribution in [-0.2, 0) is 26.7 Å². The van der Waals surface area contributed by atoms with Crippen molar-refractivity contribution in [2.45, 2.75) is 48.8 Å². The first-order chi connectivity index (χ1) is 16.4. The fourth-order valence-electron chi connectivity index (χ4n) is 5.25. The molecule has 1 saturated carbocycles. The molecule has 34 heavy (non-hydrogen) atoms. The van der Waals surface area contributed by atoms with Gasteiger partial charge >= 0.3 is 0 Å². The van der Waals surface area contributed by atoms with Gasteiger partial charge in [-0.25, -0.2) is 8.42 Å². The molecule has 2 fully saturated rings. The minimum absolute atomic E-state index is 0.0387. The van der Waals surface area contributed by atoms with Crippen LogP contribution in [0.25, 0.3) is 11.3 Å². The Morgan fingerprint density at radius 3 is 2.74 bits per heavy atom. The molecule has 2 aromatic carbocycles. The maximum atomic E-state index is 13.2. The summed E-state index contributed by atoms with van der Waals surface area (Å²) >= 11 is 0. The lowest BCUT2D eigenvalue weighted by Gasteiger charge is -2.30. The Bertz CT molecular complexity index is 1410. The number of anilines is 2. The number of hydrogen-bond acceptors (Lipinski definition) is 6. The van der Waals surface area contributed by atoms with Crippen LogP contribution in [0.5, 0.6) is 5.75 Å². The van der Waals surface area contributed by atoms with E-state index in [1.165, 1.54) is 18.7 Å². The van der Waals surface area contributed by atoms with Gasteiger partial charge in [0, 0.05) is 35.2 Å². The number of para-hydroxylation sites is 1. The second kappa shape index (κ2) is 7.59. The molecule has 3 aliphatic rings. The van der Waals surface area contributed by atoms with Crippen LogP contribution in [0.3, 0.4) is 0 Å². The van der Waals surface area contributed by atoms with Gasteiger partial charge in [0.1, 0.15) is 10.6 Å². The van der Waals surface area contributed by atoms with Crippen molar-refractivity contribution in [2.75, 3.05) is 23.3 Å². The first kappa shape index (κ1) is 21.2. The summed E-state index contributed by atoms with van der Waals surface area (Å²) in [6.07, 6.45) is 5.16. The van der Waals surface area contributed by atoms with Crippen molar-refractivity contribution in [1.29, 1.82) is 0 Å². The van der Waals surface area contributed by atoms with Gasteiger partial charge in [-0.2, -0.15) is 0 Å². The standard InChI is InChI=1S/C25H25N3O5S/c1-32-20-6-2-3-7-21(20)34(30,31)27-24-18-15-25(11-12-25)19-10-9-16(14-17(19)23(18)33-26-24)28-13-5-4-8-22(28)29/h2-3,6-7,9-10,14H,4-5,8,11-13,15H2,1H3,(H,26,27).